The predicted octanol–water partition coefficient (Wildman–Crippen LogP) is 4.03. The highest BCUT2D eigenvalue weighted by Gasteiger charge is 2.13. The summed E-state index contributed by atoms with van der Waals surface area (Å²) < 4.78 is 16.3. The van der Waals surface area contributed by atoms with Crippen molar-refractivity contribution in [2.45, 2.75) is 6.04 Å². The molecule has 0 saturated carbocycles. The molecule has 0 saturated heterocycles. The summed E-state index contributed by atoms with van der Waals surface area (Å²) in [5, 5.41) is 0. The molecule has 0 bridgehead atoms. The van der Waals surface area contributed by atoms with Gasteiger partial charge >= 0.3 is 0 Å². The fourth-order valence-corrected chi connectivity index (χ4v) is 2.25. The molecule has 0 fully saturated rings. The third-order valence-electron chi connectivity index (χ3n) is 3.46. The highest BCUT2D eigenvalue weighted by Crippen LogP contribution is 2.20. The van der Waals surface area contributed by atoms with Gasteiger partial charge in [0, 0.05) is 12.7 Å². The molecular weight excluding hydrogens is 302 g/mol. The standard InChI is InChI=1S/C20H23NO3/c1-4-14-24-20(17-10-12-18(23-3)13-11-17)21-19(15-22-2)16-8-6-5-7-9-16/h4-13,19H,1,14-15H2,2-3H3/t19-/m1/s1. The van der Waals surface area contributed by atoms with E-state index < -0.39 is 0 Å². The molecule has 24 heavy (non-hydrogen) atoms. The molecular formula is C20H23NO3. The molecule has 0 aliphatic rings. The van der Waals surface area contributed by atoms with E-state index in [9.17, 15) is 0 Å². The van der Waals surface area contributed by atoms with Crippen LogP contribution in [-0.2, 0) is 9.47 Å². The molecule has 0 aliphatic carbocycles. The van der Waals surface area contributed by atoms with Gasteiger partial charge in [0.15, 0.2) is 0 Å². The van der Waals surface area contributed by atoms with Gasteiger partial charge in [-0.2, -0.15) is 0 Å². The van der Waals surface area contributed by atoms with E-state index in [-0.39, 0.29) is 6.04 Å². The molecule has 0 spiro atoms. The third kappa shape index (κ3) is 4.96. The molecule has 0 unspecified atom stereocenters. The van der Waals surface area contributed by atoms with Gasteiger partial charge in [0.1, 0.15) is 18.4 Å². The van der Waals surface area contributed by atoms with Gasteiger partial charge in [0.05, 0.1) is 13.7 Å². The van der Waals surface area contributed by atoms with Crippen LogP contribution in [0, 0.1) is 0 Å². The normalized spacial score (nSPS) is 12.5. The lowest BCUT2D eigenvalue weighted by Gasteiger charge is -2.15. The zero-order valence-electron chi connectivity index (χ0n) is 14.1. The second-order valence-corrected chi connectivity index (χ2v) is 5.14. The van der Waals surface area contributed by atoms with Gasteiger partial charge in [-0.05, 0) is 29.8 Å². The number of aliphatic imine (C=N–C) groups is 1. The molecule has 0 heterocycles. The number of hydrogen-bond acceptors (Lipinski definition) is 4. The number of rotatable bonds is 8. The second-order valence-electron chi connectivity index (χ2n) is 5.14. The minimum Gasteiger partial charge on any atom is -0.497 e. The van der Waals surface area contributed by atoms with Crippen LogP contribution in [0.1, 0.15) is 17.2 Å². The Morgan fingerprint density at radius 1 is 1.08 bits per heavy atom. The van der Waals surface area contributed by atoms with Crippen LogP contribution in [0.5, 0.6) is 5.75 Å². The van der Waals surface area contributed by atoms with Crippen LogP contribution in [0.15, 0.2) is 72.2 Å². The van der Waals surface area contributed by atoms with Gasteiger partial charge in [0.2, 0.25) is 5.90 Å². The molecule has 0 aromatic heterocycles. The average molecular weight is 325 g/mol. The van der Waals surface area contributed by atoms with E-state index in [0.29, 0.717) is 19.1 Å². The monoisotopic (exact) mass is 325 g/mol. The molecule has 2 rings (SSSR count). The number of methoxy groups -OCH3 is 2. The molecule has 0 amide bonds. The first kappa shape index (κ1) is 17.8. The Bertz CT molecular complexity index is 650. The Morgan fingerprint density at radius 3 is 2.38 bits per heavy atom. The third-order valence-corrected chi connectivity index (χ3v) is 3.46. The van der Waals surface area contributed by atoms with E-state index in [1.165, 1.54) is 0 Å². The fourth-order valence-electron chi connectivity index (χ4n) is 2.25. The van der Waals surface area contributed by atoms with E-state index in [1.807, 2.05) is 54.6 Å². The van der Waals surface area contributed by atoms with Crippen molar-refractivity contribution in [2.24, 2.45) is 4.99 Å². The number of hydrogen-bond donors (Lipinski definition) is 0. The maximum atomic E-state index is 5.78. The topological polar surface area (TPSA) is 40.0 Å². The predicted molar refractivity (Wildman–Crippen MR) is 96.7 cm³/mol. The summed E-state index contributed by atoms with van der Waals surface area (Å²) in [5.74, 6) is 1.35. The van der Waals surface area contributed by atoms with Crippen molar-refractivity contribution in [1.29, 1.82) is 0 Å². The van der Waals surface area contributed by atoms with Crippen LogP contribution in [0.25, 0.3) is 0 Å². The van der Waals surface area contributed by atoms with Crippen LogP contribution in [-0.4, -0.2) is 33.3 Å². The van der Waals surface area contributed by atoms with Crippen molar-refractivity contribution in [3.63, 3.8) is 0 Å². The summed E-state index contributed by atoms with van der Waals surface area (Å²) >= 11 is 0. The van der Waals surface area contributed by atoms with E-state index in [1.54, 1.807) is 20.3 Å². The van der Waals surface area contributed by atoms with E-state index >= 15 is 0 Å². The first-order valence-electron chi connectivity index (χ1n) is 7.78. The number of benzene rings is 2. The van der Waals surface area contributed by atoms with Gasteiger partial charge in [0.25, 0.3) is 0 Å². The molecule has 4 nitrogen and oxygen atoms in total. The smallest absolute Gasteiger partial charge is 0.217 e. The minimum absolute atomic E-state index is 0.141. The Morgan fingerprint density at radius 2 is 1.79 bits per heavy atom. The van der Waals surface area contributed by atoms with Crippen LogP contribution >= 0.6 is 0 Å². The molecule has 126 valence electrons. The molecule has 4 heteroatoms. The summed E-state index contributed by atoms with van der Waals surface area (Å²) in [6, 6.07) is 17.5. The maximum Gasteiger partial charge on any atom is 0.217 e. The van der Waals surface area contributed by atoms with E-state index in [2.05, 4.69) is 6.58 Å². The zero-order chi connectivity index (χ0) is 17.2. The van der Waals surface area contributed by atoms with Crippen molar-refractivity contribution in [1.82, 2.24) is 0 Å². The number of ether oxygens (including phenoxy) is 3. The number of nitrogens with zero attached hydrogens (tertiary/aromatic N) is 1. The average Bonchev–Trinajstić information content (AvgIpc) is 2.65. The minimum atomic E-state index is -0.141. The fraction of sp³-hybridized carbons (Fsp3) is 0.250. The van der Waals surface area contributed by atoms with Crippen molar-refractivity contribution in [3.8, 4) is 5.75 Å². The van der Waals surface area contributed by atoms with Gasteiger partial charge in [-0.1, -0.05) is 43.0 Å². The van der Waals surface area contributed by atoms with Crippen LogP contribution in [0.3, 0.4) is 0 Å². The lowest BCUT2D eigenvalue weighted by Crippen LogP contribution is -2.12. The first-order chi connectivity index (χ1) is 11.8. The molecule has 0 aliphatic heterocycles. The van der Waals surface area contributed by atoms with Gasteiger partial charge in [-0.3, -0.25) is 0 Å². The molecule has 2 aromatic rings. The van der Waals surface area contributed by atoms with Crippen molar-refractivity contribution in [2.75, 3.05) is 27.4 Å². The van der Waals surface area contributed by atoms with Crippen molar-refractivity contribution < 1.29 is 14.2 Å². The maximum absolute atomic E-state index is 5.78. The summed E-state index contributed by atoms with van der Waals surface area (Å²) in [5.41, 5.74) is 1.96. The lowest BCUT2D eigenvalue weighted by atomic mass is 10.1. The second kappa shape index (κ2) is 9.53. The van der Waals surface area contributed by atoms with Gasteiger partial charge in [-0.25, -0.2) is 4.99 Å². The Balaban J connectivity index is 2.35. The highest BCUT2D eigenvalue weighted by molar-refractivity contribution is 5.94. The van der Waals surface area contributed by atoms with Crippen LogP contribution in [0.4, 0.5) is 0 Å². The van der Waals surface area contributed by atoms with Gasteiger partial charge in [-0.15, -0.1) is 0 Å². The SMILES string of the molecule is C=CCOC(=N[C@H](COC)c1ccccc1)c1ccc(OC)cc1. The Kier molecular flexibility index (Phi) is 7.05. The largest absolute Gasteiger partial charge is 0.497 e. The lowest BCUT2D eigenvalue weighted by molar-refractivity contribution is 0.180. The van der Waals surface area contributed by atoms with E-state index in [0.717, 1.165) is 16.9 Å². The zero-order valence-corrected chi connectivity index (χ0v) is 14.1. The van der Waals surface area contributed by atoms with Crippen LogP contribution < -0.4 is 4.74 Å². The molecule has 1 atom stereocenters. The van der Waals surface area contributed by atoms with Crippen molar-refractivity contribution in [3.05, 3.63) is 78.4 Å². The molecule has 2 aromatic carbocycles. The Hall–Kier alpha value is -2.59. The summed E-state index contributed by atoms with van der Waals surface area (Å²) in [6.07, 6.45) is 1.70. The molecule has 0 N–H and O–H groups in total. The summed E-state index contributed by atoms with van der Waals surface area (Å²) in [4.78, 5) is 4.78. The van der Waals surface area contributed by atoms with Gasteiger partial charge < -0.3 is 14.2 Å². The highest BCUT2D eigenvalue weighted by atomic mass is 16.5. The first-order valence-corrected chi connectivity index (χ1v) is 7.78. The molecule has 0 radical (unpaired) electrons. The van der Waals surface area contributed by atoms with Crippen molar-refractivity contribution >= 4 is 5.90 Å². The van der Waals surface area contributed by atoms with E-state index in [4.69, 9.17) is 19.2 Å². The Labute approximate surface area is 143 Å². The van der Waals surface area contributed by atoms with Crippen LogP contribution in [0.2, 0.25) is 0 Å². The summed E-state index contributed by atoms with van der Waals surface area (Å²) in [6.45, 7) is 4.56. The summed E-state index contributed by atoms with van der Waals surface area (Å²) in [7, 11) is 3.31. The quantitative estimate of drug-likeness (QED) is 0.418.